The monoisotopic (exact) mass is 505 g/mol. The van der Waals surface area contributed by atoms with Gasteiger partial charge in [-0.3, -0.25) is 0 Å². The number of carbonyl (C=O) groups excluding carboxylic acids is 2. The molecule has 0 aliphatic carbocycles. The van der Waals surface area contributed by atoms with Crippen LogP contribution >= 0.6 is 11.6 Å². The Hall–Kier alpha value is -3.36. The van der Waals surface area contributed by atoms with E-state index in [0.29, 0.717) is 42.5 Å². The number of aromatic nitrogens is 1. The largest absolute Gasteiger partial charge is 0.462 e. The van der Waals surface area contributed by atoms with Crippen LogP contribution in [0.5, 0.6) is 0 Å². The average molecular weight is 506 g/mol. The van der Waals surface area contributed by atoms with Crippen LogP contribution in [-0.2, 0) is 14.8 Å². The Morgan fingerprint density at radius 3 is 2.50 bits per heavy atom. The number of hydrogen-bond donors (Lipinski definition) is 2. The first-order valence-electron chi connectivity index (χ1n) is 10.6. The van der Waals surface area contributed by atoms with E-state index in [1.807, 2.05) is 15.7 Å². The molecule has 1 aliphatic heterocycles. The molecule has 1 aliphatic rings. The third-order valence-corrected chi connectivity index (χ3v) is 6.89. The van der Waals surface area contributed by atoms with Crippen LogP contribution in [0.15, 0.2) is 35.2 Å². The van der Waals surface area contributed by atoms with Gasteiger partial charge in [-0.05, 0) is 57.0 Å². The number of carbonyl (C=O) groups is 2. The molecule has 1 fully saturated rings. The minimum Gasteiger partial charge on any atom is -0.462 e. The molecular weight excluding hydrogens is 482 g/mol. The van der Waals surface area contributed by atoms with Crippen LogP contribution in [0.25, 0.3) is 0 Å². The molecule has 0 radical (unpaired) electrons. The molecule has 3 rings (SSSR count). The predicted octanol–water partition coefficient (Wildman–Crippen LogP) is 2.75. The smallest absolute Gasteiger partial charge is 0.341 e. The van der Waals surface area contributed by atoms with Crippen LogP contribution in [0, 0.1) is 18.3 Å². The number of pyridine rings is 1. The summed E-state index contributed by atoms with van der Waals surface area (Å²) in [7, 11) is -4.02. The maximum absolute atomic E-state index is 12.4. The van der Waals surface area contributed by atoms with Gasteiger partial charge in [0, 0.05) is 24.2 Å². The summed E-state index contributed by atoms with van der Waals surface area (Å²) in [6.07, 6.45) is 1.08. The Bertz CT molecular complexity index is 1220. The molecule has 0 bridgehead atoms. The summed E-state index contributed by atoms with van der Waals surface area (Å²) in [6.45, 7) is 4.57. The number of nitriles is 1. The van der Waals surface area contributed by atoms with Gasteiger partial charge in [-0.15, -0.1) is 0 Å². The van der Waals surface area contributed by atoms with Crippen LogP contribution in [0.1, 0.15) is 41.4 Å². The number of nitrogens with one attached hydrogen (secondary N) is 2. The van der Waals surface area contributed by atoms with Crippen molar-refractivity contribution in [3.8, 4) is 6.07 Å². The molecule has 1 aromatic heterocycles. The van der Waals surface area contributed by atoms with Crippen molar-refractivity contribution in [2.45, 2.75) is 37.6 Å². The molecule has 0 atom stereocenters. The Balaban J connectivity index is 1.60. The zero-order valence-corrected chi connectivity index (χ0v) is 20.2. The Morgan fingerprint density at radius 2 is 1.91 bits per heavy atom. The fraction of sp³-hybridized carbons (Fsp3) is 0.364. The molecule has 2 amide bonds. The third-order valence-electron chi connectivity index (χ3n) is 5.29. The summed E-state index contributed by atoms with van der Waals surface area (Å²) >= 11 is 5.77. The zero-order chi connectivity index (χ0) is 24.9. The van der Waals surface area contributed by atoms with Gasteiger partial charge in [0.2, 0.25) is 0 Å². The minimum atomic E-state index is -4.02. The van der Waals surface area contributed by atoms with Gasteiger partial charge in [0.05, 0.1) is 28.3 Å². The first-order valence-corrected chi connectivity index (χ1v) is 12.4. The van der Waals surface area contributed by atoms with Gasteiger partial charge in [0.25, 0.3) is 10.0 Å². The highest BCUT2D eigenvalue weighted by molar-refractivity contribution is 7.90. The minimum absolute atomic E-state index is 0.0668. The summed E-state index contributed by atoms with van der Waals surface area (Å²) in [5, 5.41) is 12.6. The summed E-state index contributed by atoms with van der Waals surface area (Å²) in [4.78, 5) is 30.8. The highest BCUT2D eigenvalue weighted by atomic mass is 35.5. The van der Waals surface area contributed by atoms with Gasteiger partial charge in [0.1, 0.15) is 11.9 Å². The number of rotatable bonds is 6. The van der Waals surface area contributed by atoms with Crippen molar-refractivity contribution < 1.29 is 22.7 Å². The van der Waals surface area contributed by atoms with Crippen molar-refractivity contribution in [1.82, 2.24) is 15.0 Å². The van der Waals surface area contributed by atoms with Gasteiger partial charge < -0.3 is 15.0 Å². The first kappa shape index (κ1) is 25.3. The number of nitrogens with zero attached hydrogens (tertiary/aromatic N) is 3. The van der Waals surface area contributed by atoms with Crippen molar-refractivity contribution in [3.05, 3.63) is 52.2 Å². The fourth-order valence-corrected chi connectivity index (χ4v) is 4.67. The molecule has 2 aromatic rings. The maximum atomic E-state index is 12.4. The van der Waals surface area contributed by atoms with Crippen molar-refractivity contribution in [1.29, 1.82) is 5.26 Å². The molecule has 12 heteroatoms. The van der Waals surface area contributed by atoms with E-state index < -0.39 is 22.0 Å². The number of ether oxygens (including phenoxy) is 1. The lowest BCUT2D eigenvalue weighted by molar-refractivity contribution is 0.0524. The second-order valence-electron chi connectivity index (χ2n) is 7.61. The molecular formula is C22H24ClN5O5S. The quantitative estimate of drug-likeness (QED) is 0.571. The van der Waals surface area contributed by atoms with Gasteiger partial charge in [-0.25, -0.2) is 27.7 Å². The topological polar surface area (TPSA) is 141 Å². The van der Waals surface area contributed by atoms with Crippen LogP contribution < -0.4 is 14.9 Å². The predicted molar refractivity (Wildman–Crippen MR) is 125 cm³/mol. The Labute approximate surface area is 202 Å². The van der Waals surface area contributed by atoms with Crippen LogP contribution in [-0.4, -0.2) is 51.1 Å². The van der Waals surface area contributed by atoms with Crippen molar-refractivity contribution in [2.75, 3.05) is 24.6 Å². The van der Waals surface area contributed by atoms with E-state index in [4.69, 9.17) is 16.3 Å². The van der Waals surface area contributed by atoms with E-state index in [2.05, 4.69) is 10.3 Å². The second kappa shape index (κ2) is 10.7. The molecule has 0 unspecified atom stereocenters. The second-order valence-corrected chi connectivity index (χ2v) is 9.73. The average Bonchev–Trinajstić information content (AvgIpc) is 2.79. The van der Waals surface area contributed by atoms with Gasteiger partial charge >= 0.3 is 12.0 Å². The summed E-state index contributed by atoms with van der Waals surface area (Å²) in [5.41, 5.74) is 0.746. The van der Waals surface area contributed by atoms with Gasteiger partial charge in [-0.1, -0.05) is 11.6 Å². The molecule has 0 saturated carbocycles. The van der Waals surface area contributed by atoms with Gasteiger partial charge in [-0.2, -0.15) is 5.26 Å². The summed E-state index contributed by atoms with van der Waals surface area (Å²) in [5.74, 6) is -0.0339. The van der Waals surface area contributed by atoms with Crippen molar-refractivity contribution >= 4 is 39.4 Å². The number of anilines is 1. The number of amides is 2. The molecule has 34 heavy (non-hydrogen) atoms. The number of esters is 1. The lowest BCUT2D eigenvalue weighted by Crippen LogP contribution is -2.49. The van der Waals surface area contributed by atoms with Crippen molar-refractivity contribution in [2.24, 2.45) is 0 Å². The number of piperidine rings is 1. The number of aryl methyl sites for hydroxylation is 1. The van der Waals surface area contributed by atoms with E-state index in [-0.39, 0.29) is 28.7 Å². The molecule has 2 N–H and O–H groups in total. The normalized spacial score (nSPS) is 14.2. The highest BCUT2D eigenvalue weighted by Crippen LogP contribution is 2.24. The number of hydrogen-bond acceptors (Lipinski definition) is 8. The molecule has 1 saturated heterocycles. The first-order chi connectivity index (χ1) is 16.1. The van der Waals surface area contributed by atoms with Gasteiger partial charge in [0.15, 0.2) is 0 Å². The molecule has 10 nitrogen and oxygen atoms in total. The van der Waals surface area contributed by atoms with Crippen LogP contribution in [0.3, 0.4) is 0 Å². The standard InChI is InChI=1S/C22H24ClN5O5S/c1-3-33-21(29)20-14(2)25-19(12-15(20)13-24)28-10-8-17(9-11-28)26-22(30)27-34(31,32)18-6-4-16(23)5-7-18/h4-7,12,17H,3,8-11H2,1-2H3,(H2,26,27,30). The Morgan fingerprint density at radius 1 is 1.26 bits per heavy atom. The molecule has 180 valence electrons. The molecule has 0 spiro atoms. The molecule has 1 aromatic carbocycles. The zero-order valence-electron chi connectivity index (χ0n) is 18.7. The maximum Gasteiger partial charge on any atom is 0.341 e. The number of halogens is 1. The number of urea groups is 1. The Kier molecular flexibility index (Phi) is 7.96. The lowest BCUT2D eigenvalue weighted by Gasteiger charge is -2.33. The summed E-state index contributed by atoms with van der Waals surface area (Å²) < 4.78 is 31.7. The van der Waals surface area contributed by atoms with Crippen LogP contribution in [0.4, 0.5) is 10.6 Å². The van der Waals surface area contributed by atoms with Crippen molar-refractivity contribution in [3.63, 3.8) is 0 Å². The lowest BCUT2D eigenvalue weighted by atomic mass is 10.0. The van der Waals surface area contributed by atoms with E-state index >= 15 is 0 Å². The third kappa shape index (κ3) is 5.95. The number of benzene rings is 1. The van der Waals surface area contributed by atoms with E-state index in [1.165, 1.54) is 24.3 Å². The van der Waals surface area contributed by atoms with E-state index in [9.17, 15) is 23.3 Å². The highest BCUT2D eigenvalue weighted by Gasteiger charge is 2.26. The molecule has 2 heterocycles. The summed E-state index contributed by atoms with van der Waals surface area (Å²) in [6, 6.07) is 8.01. The van der Waals surface area contributed by atoms with E-state index in [0.717, 1.165) is 0 Å². The SMILES string of the molecule is CCOC(=O)c1c(C#N)cc(N2CCC(NC(=O)NS(=O)(=O)c3ccc(Cl)cc3)CC2)nc1C. The number of sulfonamides is 1. The van der Waals surface area contributed by atoms with Crippen LogP contribution in [0.2, 0.25) is 5.02 Å². The fourth-order valence-electron chi connectivity index (χ4n) is 3.63. The van der Waals surface area contributed by atoms with E-state index in [1.54, 1.807) is 19.9 Å².